The van der Waals surface area contributed by atoms with Gasteiger partial charge in [0, 0.05) is 19.2 Å². The number of methoxy groups -OCH3 is 1. The SMILES string of the molecule is COc1cc(N2CCCC(C)C2)c(Cl)cn1. The molecular weight excluding hydrogens is 224 g/mol. The second-order valence-corrected chi connectivity index (χ2v) is 4.78. The molecule has 0 spiro atoms. The highest BCUT2D eigenvalue weighted by Gasteiger charge is 2.19. The number of nitrogens with zero attached hydrogens (tertiary/aromatic N) is 2. The maximum Gasteiger partial charge on any atom is 0.215 e. The highest BCUT2D eigenvalue weighted by Crippen LogP contribution is 2.31. The summed E-state index contributed by atoms with van der Waals surface area (Å²) in [7, 11) is 1.62. The summed E-state index contributed by atoms with van der Waals surface area (Å²) in [5.41, 5.74) is 1.04. The number of piperidine rings is 1. The summed E-state index contributed by atoms with van der Waals surface area (Å²) in [4.78, 5) is 6.41. The molecule has 4 heteroatoms. The number of anilines is 1. The summed E-state index contributed by atoms with van der Waals surface area (Å²) in [6.07, 6.45) is 4.19. The maximum absolute atomic E-state index is 6.17. The van der Waals surface area contributed by atoms with Crippen molar-refractivity contribution in [2.75, 3.05) is 25.1 Å². The number of hydrogen-bond donors (Lipinski definition) is 0. The van der Waals surface area contributed by atoms with E-state index in [1.807, 2.05) is 6.07 Å². The fourth-order valence-electron chi connectivity index (χ4n) is 2.17. The average Bonchev–Trinajstić information content (AvgIpc) is 2.30. The van der Waals surface area contributed by atoms with Gasteiger partial charge in [0.05, 0.1) is 24.0 Å². The number of rotatable bonds is 2. The third kappa shape index (κ3) is 2.40. The van der Waals surface area contributed by atoms with Crippen LogP contribution < -0.4 is 9.64 Å². The standard InChI is InChI=1S/C12H17ClN2O/c1-9-4-3-5-15(8-9)11-6-12(16-2)14-7-10(11)13/h6-7,9H,3-5,8H2,1-2H3. The highest BCUT2D eigenvalue weighted by atomic mass is 35.5. The molecule has 1 aliphatic rings. The number of ether oxygens (including phenoxy) is 1. The largest absolute Gasteiger partial charge is 0.481 e. The van der Waals surface area contributed by atoms with Crippen LogP contribution in [0, 0.1) is 5.92 Å². The zero-order chi connectivity index (χ0) is 11.5. The summed E-state index contributed by atoms with van der Waals surface area (Å²) in [5.74, 6) is 1.35. The average molecular weight is 241 g/mol. The molecule has 0 N–H and O–H groups in total. The van der Waals surface area contributed by atoms with E-state index >= 15 is 0 Å². The van der Waals surface area contributed by atoms with Crippen LogP contribution in [0.5, 0.6) is 5.88 Å². The molecule has 0 radical (unpaired) electrons. The Kier molecular flexibility index (Phi) is 3.54. The molecule has 0 bridgehead atoms. The summed E-state index contributed by atoms with van der Waals surface area (Å²) in [5, 5.41) is 0.704. The Bertz CT molecular complexity index is 370. The van der Waals surface area contributed by atoms with Crippen LogP contribution in [-0.2, 0) is 0 Å². The van der Waals surface area contributed by atoms with Crippen LogP contribution in [0.2, 0.25) is 5.02 Å². The first-order chi connectivity index (χ1) is 7.70. The Morgan fingerprint density at radius 1 is 1.56 bits per heavy atom. The van der Waals surface area contributed by atoms with Crippen molar-refractivity contribution >= 4 is 17.3 Å². The van der Waals surface area contributed by atoms with E-state index in [1.165, 1.54) is 12.8 Å². The first kappa shape index (κ1) is 11.5. The third-order valence-electron chi connectivity index (χ3n) is 3.02. The van der Waals surface area contributed by atoms with E-state index < -0.39 is 0 Å². The van der Waals surface area contributed by atoms with Gasteiger partial charge in [-0.25, -0.2) is 4.98 Å². The minimum Gasteiger partial charge on any atom is -0.481 e. The molecule has 1 unspecified atom stereocenters. The molecule has 2 rings (SSSR count). The molecule has 0 saturated carbocycles. The first-order valence-electron chi connectivity index (χ1n) is 5.65. The lowest BCUT2D eigenvalue weighted by molar-refractivity contribution is 0.397. The quantitative estimate of drug-likeness (QED) is 0.795. The van der Waals surface area contributed by atoms with E-state index in [0.717, 1.165) is 24.7 Å². The van der Waals surface area contributed by atoms with Crippen molar-refractivity contribution in [1.82, 2.24) is 4.98 Å². The van der Waals surface area contributed by atoms with Crippen LogP contribution in [0.3, 0.4) is 0 Å². The topological polar surface area (TPSA) is 25.4 Å². The van der Waals surface area contributed by atoms with Gasteiger partial charge in [0.25, 0.3) is 0 Å². The van der Waals surface area contributed by atoms with Gasteiger partial charge in [0.15, 0.2) is 0 Å². The fraction of sp³-hybridized carbons (Fsp3) is 0.583. The second kappa shape index (κ2) is 4.91. The van der Waals surface area contributed by atoms with E-state index in [9.17, 15) is 0 Å². The van der Waals surface area contributed by atoms with Crippen LogP contribution in [-0.4, -0.2) is 25.2 Å². The van der Waals surface area contributed by atoms with Gasteiger partial charge < -0.3 is 9.64 Å². The molecule has 1 aromatic heterocycles. The van der Waals surface area contributed by atoms with Gasteiger partial charge in [-0.05, 0) is 18.8 Å². The Balaban J connectivity index is 2.24. The van der Waals surface area contributed by atoms with Crippen molar-refractivity contribution in [3.63, 3.8) is 0 Å². The van der Waals surface area contributed by atoms with E-state index in [0.29, 0.717) is 10.9 Å². The molecule has 0 amide bonds. The molecule has 1 aromatic rings. The van der Waals surface area contributed by atoms with Crippen LogP contribution in [0.4, 0.5) is 5.69 Å². The maximum atomic E-state index is 6.17. The predicted octanol–water partition coefficient (Wildman–Crippen LogP) is 2.98. The molecule has 88 valence electrons. The van der Waals surface area contributed by atoms with Crippen molar-refractivity contribution in [2.24, 2.45) is 5.92 Å². The minimum absolute atomic E-state index is 0.623. The molecule has 3 nitrogen and oxygen atoms in total. The van der Waals surface area contributed by atoms with Gasteiger partial charge in [0.1, 0.15) is 0 Å². The van der Waals surface area contributed by atoms with Crippen LogP contribution in [0.1, 0.15) is 19.8 Å². The monoisotopic (exact) mass is 240 g/mol. The van der Waals surface area contributed by atoms with Gasteiger partial charge in [0.2, 0.25) is 5.88 Å². The third-order valence-corrected chi connectivity index (χ3v) is 3.31. The van der Waals surface area contributed by atoms with Crippen molar-refractivity contribution in [1.29, 1.82) is 0 Å². The molecule has 1 aliphatic heterocycles. The summed E-state index contributed by atoms with van der Waals surface area (Å²) < 4.78 is 5.13. The van der Waals surface area contributed by atoms with Crippen LogP contribution in [0.15, 0.2) is 12.3 Å². The van der Waals surface area contributed by atoms with Gasteiger partial charge in [-0.3, -0.25) is 0 Å². The lowest BCUT2D eigenvalue weighted by Crippen LogP contribution is -2.34. The molecule has 0 aromatic carbocycles. The summed E-state index contributed by atoms with van der Waals surface area (Å²) >= 11 is 6.17. The van der Waals surface area contributed by atoms with E-state index in [4.69, 9.17) is 16.3 Å². The molecule has 1 saturated heterocycles. The number of halogens is 1. The smallest absolute Gasteiger partial charge is 0.215 e. The number of aromatic nitrogens is 1. The Hall–Kier alpha value is -0.960. The molecule has 0 aliphatic carbocycles. The van der Waals surface area contributed by atoms with Crippen molar-refractivity contribution in [2.45, 2.75) is 19.8 Å². The fourth-order valence-corrected chi connectivity index (χ4v) is 2.39. The van der Waals surface area contributed by atoms with Gasteiger partial charge in [-0.1, -0.05) is 18.5 Å². The zero-order valence-corrected chi connectivity index (χ0v) is 10.5. The lowest BCUT2D eigenvalue weighted by Gasteiger charge is -2.33. The normalized spacial score (nSPS) is 20.9. The molecule has 1 fully saturated rings. The second-order valence-electron chi connectivity index (χ2n) is 4.37. The Labute approximate surface area is 101 Å². The highest BCUT2D eigenvalue weighted by molar-refractivity contribution is 6.33. The zero-order valence-electron chi connectivity index (χ0n) is 9.74. The first-order valence-corrected chi connectivity index (χ1v) is 6.03. The molecule has 16 heavy (non-hydrogen) atoms. The summed E-state index contributed by atoms with van der Waals surface area (Å²) in [6, 6.07) is 1.92. The Morgan fingerprint density at radius 3 is 3.06 bits per heavy atom. The van der Waals surface area contributed by atoms with Crippen molar-refractivity contribution in [3.8, 4) is 5.88 Å². The van der Waals surface area contributed by atoms with Crippen molar-refractivity contribution < 1.29 is 4.74 Å². The van der Waals surface area contributed by atoms with E-state index in [-0.39, 0.29) is 0 Å². The van der Waals surface area contributed by atoms with Crippen molar-refractivity contribution in [3.05, 3.63) is 17.3 Å². The lowest BCUT2D eigenvalue weighted by atomic mass is 10.00. The van der Waals surface area contributed by atoms with E-state index in [2.05, 4.69) is 16.8 Å². The summed E-state index contributed by atoms with van der Waals surface area (Å²) in [6.45, 7) is 4.41. The predicted molar refractivity (Wildman–Crippen MR) is 66.4 cm³/mol. The van der Waals surface area contributed by atoms with Crippen LogP contribution >= 0.6 is 11.6 Å². The number of hydrogen-bond acceptors (Lipinski definition) is 3. The molecular formula is C12H17ClN2O. The van der Waals surface area contributed by atoms with Crippen LogP contribution in [0.25, 0.3) is 0 Å². The minimum atomic E-state index is 0.623. The van der Waals surface area contributed by atoms with Gasteiger partial charge in [-0.15, -0.1) is 0 Å². The van der Waals surface area contributed by atoms with E-state index in [1.54, 1.807) is 13.3 Å². The van der Waals surface area contributed by atoms with Gasteiger partial charge in [-0.2, -0.15) is 0 Å². The molecule has 2 heterocycles. The van der Waals surface area contributed by atoms with Gasteiger partial charge >= 0.3 is 0 Å². The number of pyridine rings is 1. The Morgan fingerprint density at radius 2 is 2.38 bits per heavy atom. The molecule has 1 atom stereocenters.